The van der Waals surface area contributed by atoms with Gasteiger partial charge in [-0.05, 0) is 37.3 Å². The topological polar surface area (TPSA) is 41.6 Å². The Morgan fingerprint density at radius 2 is 1.86 bits per heavy atom. The first kappa shape index (κ1) is 14.1. The first-order valence-electron chi connectivity index (χ1n) is 6.53. The Labute approximate surface area is 133 Å². The second-order valence-electron chi connectivity index (χ2n) is 4.81. The third kappa shape index (κ3) is 3.26. The summed E-state index contributed by atoms with van der Waals surface area (Å²) in [5, 5.41) is 1.21. The number of nitrogens with zero attached hydrogens (tertiary/aromatic N) is 2. The maximum absolute atomic E-state index is 6.06. The van der Waals surface area contributed by atoms with Gasteiger partial charge in [0.1, 0.15) is 5.82 Å². The van der Waals surface area contributed by atoms with Gasteiger partial charge in [-0.2, -0.15) is 0 Å². The van der Waals surface area contributed by atoms with E-state index in [1.165, 1.54) is 0 Å². The minimum Gasteiger partial charge on any atom is -0.345 e. The number of nitrogens with one attached hydrogen (secondary N) is 1. The van der Waals surface area contributed by atoms with E-state index in [9.17, 15) is 0 Å². The van der Waals surface area contributed by atoms with Crippen molar-refractivity contribution < 1.29 is 0 Å². The van der Waals surface area contributed by atoms with E-state index in [1.807, 2.05) is 37.3 Å². The van der Waals surface area contributed by atoms with Gasteiger partial charge in [0.15, 0.2) is 0 Å². The van der Waals surface area contributed by atoms with Crippen molar-refractivity contribution in [2.75, 3.05) is 0 Å². The highest BCUT2D eigenvalue weighted by Gasteiger charge is 2.11. The Hall–Kier alpha value is -1.84. The number of aryl methyl sites for hydroxylation is 1. The first-order valence-corrected chi connectivity index (χ1v) is 7.29. The maximum atomic E-state index is 6.06. The summed E-state index contributed by atoms with van der Waals surface area (Å²) >= 11 is 12.1. The van der Waals surface area contributed by atoms with Crippen molar-refractivity contribution in [1.29, 1.82) is 0 Å². The molecule has 3 rings (SSSR count). The van der Waals surface area contributed by atoms with Crippen LogP contribution in [0.2, 0.25) is 10.0 Å². The minimum absolute atomic E-state index is 0.603. The van der Waals surface area contributed by atoms with Gasteiger partial charge in [-0.15, -0.1) is 0 Å². The van der Waals surface area contributed by atoms with Crippen molar-refractivity contribution in [3.63, 3.8) is 0 Å². The number of aromatic amines is 1. The van der Waals surface area contributed by atoms with Crippen LogP contribution in [0, 0.1) is 6.92 Å². The number of H-pyrrole nitrogens is 1. The fourth-order valence-corrected chi connectivity index (χ4v) is 2.78. The molecule has 21 heavy (non-hydrogen) atoms. The van der Waals surface area contributed by atoms with Crippen molar-refractivity contribution in [1.82, 2.24) is 15.0 Å². The second-order valence-corrected chi connectivity index (χ2v) is 5.69. The molecule has 0 saturated carbocycles. The number of benzene rings is 1. The van der Waals surface area contributed by atoms with E-state index in [1.54, 1.807) is 12.3 Å². The predicted molar refractivity (Wildman–Crippen MR) is 85.8 cm³/mol. The van der Waals surface area contributed by atoms with Crippen LogP contribution in [0.5, 0.6) is 0 Å². The number of hydrogen-bond acceptors (Lipinski definition) is 2. The van der Waals surface area contributed by atoms with Gasteiger partial charge < -0.3 is 4.98 Å². The van der Waals surface area contributed by atoms with Crippen LogP contribution in [-0.4, -0.2) is 15.0 Å². The Kier molecular flexibility index (Phi) is 3.95. The standard InChI is InChI=1S/C16H13Cl2N3/c1-10-16(11-6-12(17)8-13(18)7-11)21-15(20-10)9-14-4-2-3-5-19-14/h2-8H,9H2,1H3,(H,20,21). The Bertz CT molecular complexity index is 746. The third-order valence-corrected chi connectivity index (χ3v) is 3.58. The molecule has 0 aliphatic carbocycles. The molecule has 0 atom stereocenters. The van der Waals surface area contributed by atoms with E-state index in [2.05, 4.69) is 15.0 Å². The molecule has 0 fully saturated rings. The monoisotopic (exact) mass is 317 g/mol. The fraction of sp³-hybridized carbons (Fsp3) is 0.125. The number of halogens is 2. The molecule has 1 N–H and O–H groups in total. The summed E-state index contributed by atoms with van der Waals surface area (Å²) in [7, 11) is 0. The highest BCUT2D eigenvalue weighted by molar-refractivity contribution is 6.35. The molecule has 2 aromatic heterocycles. The lowest BCUT2D eigenvalue weighted by Crippen LogP contribution is -1.93. The number of aromatic nitrogens is 3. The smallest absolute Gasteiger partial charge is 0.113 e. The average Bonchev–Trinajstić information content (AvgIpc) is 2.79. The molecule has 3 aromatic rings. The second kappa shape index (κ2) is 5.88. The predicted octanol–water partition coefficient (Wildman–Crippen LogP) is 4.68. The molecular weight excluding hydrogens is 305 g/mol. The van der Waals surface area contributed by atoms with Crippen molar-refractivity contribution in [3.05, 3.63) is 69.9 Å². The van der Waals surface area contributed by atoms with Crippen molar-refractivity contribution >= 4 is 23.2 Å². The first-order chi connectivity index (χ1) is 10.1. The molecule has 0 unspecified atom stereocenters. The van der Waals surface area contributed by atoms with E-state index in [0.717, 1.165) is 28.5 Å². The third-order valence-electron chi connectivity index (χ3n) is 3.14. The van der Waals surface area contributed by atoms with Crippen molar-refractivity contribution in [2.24, 2.45) is 0 Å². The molecule has 106 valence electrons. The van der Waals surface area contributed by atoms with Crippen LogP contribution in [-0.2, 0) is 6.42 Å². The van der Waals surface area contributed by atoms with Crippen LogP contribution >= 0.6 is 23.2 Å². The largest absolute Gasteiger partial charge is 0.345 e. The average molecular weight is 318 g/mol. The van der Waals surface area contributed by atoms with Gasteiger partial charge in [0, 0.05) is 39.6 Å². The number of rotatable bonds is 3. The lowest BCUT2D eigenvalue weighted by molar-refractivity contribution is 0.971. The molecule has 2 heterocycles. The zero-order valence-corrected chi connectivity index (χ0v) is 12.9. The zero-order valence-electron chi connectivity index (χ0n) is 11.4. The summed E-state index contributed by atoms with van der Waals surface area (Å²) < 4.78 is 0. The summed E-state index contributed by atoms with van der Waals surface area (Å²) in [5.74, 6) is 0.872. The molecule has 5 heteroatoms. The summed E-state index contributed by atoms with van der Waals surface area (Å²) in [6.07, 6.45) is 2.44. The molecule has 0 bridgehead atoms. The molecule has 1 aromatic carbocycles. The SMILES string of the molecule is Cc1[nH]c(Cc2ccccn2)nc1-c1cc(Cl)cc(Cl)c1. The van der Waals surface area contributed by atoms with Gasteiger partial charge in [-0.1, -0.05) is 29.3 Å². The molecule has 0 saturated heterocycles. The number of imidazole rings is 1. The summed E-state index contributed by atoms with van der Waals surface area (Å²) in [6, 6.07) is 11.3. The quantitative estimate of drug-likeness (QED) is 0.762. The highest BCUT2D eigenvalue weighted by atomic mass is 35.5. The van der Waals surface area contributed by atoms with Gasteiger partial charge in [-0.25, -0.2) is 4.98 Å². The Morgan fingerprint density at radius 1 is 1.10 bits per heavy atom. The lowest BCUT2D eigenvalue weighted by Gasteiger charge is -2.01. The van der Waals surface area contributed by atoms with Crippen LogP contribution in [0.15, 0.2) is 42.6 Å². The maximum Gasteiger partial charge on any atom is 0.113 e. The minimum atomic E-state index is 0.603. The lowest BCUT2D eigenvalue weighted by atomic mass is 10.1. The summed E-state index contributed by atoms with van der Waals surface area (Å²) in [6.45, 7) is 1.99. The van der Waals surface area contributed by atoms with E-state index >= 15 is 0 Å². The molecule has 0 spiro atoms. The van der Waals surface area contributed by atoms with E-state index in [0.29, 0.717) is 16.5 Å². The molecule has 0 aliphatic rings. The summed E-state index contributed by atoms with van der Waals surface area (Å²) in [5.41, 5.74) is 3.74. The van der Waals surface area contributed by atoms with Crippen LogP contribution < -0.4 is 0 Å². The van der Waals surface area contributed by atoms with Crippen LogP contribution in [0.4, 0.5) is 0 Å². The molecular formula is C16H13Cl2N3. The number of hydrogen-bond donors (Lipinski definition) is 1. The van der Waals surface area contributed by atoms with Gasteiger partial charge in [-0.3, -0.25) is 4.98 Å². The van der Waals surface area contributed by atoms with Gasteiger partial charge >= 0.3 is 0 Å². The molecule has 0 radical (unpaired) electrons. The molecule has 0 amide bonds. The number of pyridine rings is 1. The summed E-state index contributed by atoms with van der Waals surface area (Å²) in [4.78, 5) is 12.2. The van der Waals surface area contributed by atoms with Crippen LogP contribution in [0.3, 0.4) is 0 Å². The van der Waals surface area contributed by atoms with E-state index in [-0.39, 0.29) is 0 Å². The molecule has 3 nitrogen and oxygen atoms in total. The van der Waals surface area contributed by atoms with Crippen molar-refractivity contribution in [2.45, 2.75) is 13.3 Å². The zero-order chi connectivity index (χ0) is 14.8. The van der Waals surface area contributed by atoms with Gasteiger partial charge in [0.05, 0.1) is 5.69 Å². The van der Waals surface area contributed by atoms with Gasteiger partial charge in [0.2, 0.25) is 0 Å². The van der Waals surface area contributed by atoms with Crippen molar-refractivity contribution in [3.8, 4) is 11.3 Å². The van der Waals surface area contributed by atoms with Gasteiger partial charge in [0.25, 0.3) is 0 Å². The van der Waals surface area contributed by atoms with E-state index < -0.39 is 0 Å². The molecule has 0 aliphatic heterocycles. The fourth-order valence-electron chi connectivity index (χ4n) is 2.25. The van der Waals surface area contributed by atoms with E-state index in [4.69, 9.17) is 23.2 Å². The highest BCUT2D eigenvalue weighted by Crippen LogP contribution is 2.28. The normalized spacial score (nSPS) is 10.8. The Morgan fingerprint density at radius 3 is 2.52 bits per heavy atom. The van der Waals surface area contributed by atoms with Crippen LogP contribution in [0.25, 0.3) is 11.3 Å². The van der Waals surface area contributed by atoms with Crippen LogP contribution in [0.1, 0.15) is 17.2 Å². The Balaban J connectivity index is 1.94.